The third-order valence-electron chi connectivity index (χ3n) is 3.73. The van der Waals surface area contributed by atoms with Crippen molar-refractivity contribution in [2.75, 3.05) is 0 Å². The number of pyridine rings is 1. The maximum atomic E-state index is 12.0. The van der Waals surface area contributed by atoms with E-state index in [4.69, 9.17) is 16.3 Å². The Morgan fingerprint density at radius 3 is 2.67 bits per heavy atom. The summed E-state index contributed by atoms with van der Waals surface area (Å²) in [7, 11) is 0. The highest BCUT2D eigenvalue weighted by Crippen LogP contribution is 2.26. The van der Waals surface area contributed by atoms with Crippen molar-refractivity contribution in [1.29, 1.82) is 0 Å². The normalized spacial score (nSPS) is 11.9. The molecule has 3 aromatic rings. The zero-order valence-corrected chi connectivity index (χ0v) is 14.0. The lowest BCUT2D eigenvalue weighted by Crippen LogP contribution is -2.27. The Hall–Kier alpha value is -2.59. The Bertz CT molecular complexity index is 852. The van der Waals surface area contributed by atoms with E-state index < -0.39 is 6.09 Å². The van der Waals surface area contributed by atoms with Crippen LogP contribution in [0, 0.1) is 0 Å². The summed E-state index contributed by atoms with van der Waals surface area (Å²) in [5, 5.41) is 4.19. The van der Waals surface area contributed by atoms with Crippen LogP contribution in [0.2, 0.25) is 5.15 Å². The SMILES string of the molecule is C[C@@H](NC(=O)OCc1ccccc1)c1cc(Cl)nc2ccccc12. The molecule has 1 N–H and O–H groups in total. The highest BCUT2D eigenvalue weighted by atomic mass is 35.5. The smallest absolute Gasteiger partial charge is 0.407 e. The number of aromatic nitrogens is 1. The summed E-state index contributed by atoms with van der Waals surface area (Å²) >= 11 is 6.09. The number of amides is 1. The first-order chi connectivity index (χ1) is 11.6. The molecule has 0 aliphatic heterocycles. The van der Waals surface area contributed by atoms with E-state index in [0.717, 1.165) is 22.0 Å². The number of fused-ring (bicyclic) bond motifs is 1. The molecular formula is C19H17ClN2O2. The molecule has 0 aliphatic rings. The second-order valence-electron chi connectivity index (χ2n) is 5.48. The van der Waals surface area contributed by atoms with E-state index in [1.54, 1.807) is 6.07 Å². The lowest BCUT2D eigenvalue weighted by molar-refractivity contribution is 0.136. The number of halogens is 1. The van der Waals surface area contributed by atoms with Gasteiger partial charge in [-0.05, 0) is 30.2 Å². The number of carbonyl (C=O) groups is 1. The number of nitrogens with zero attached hydrogens (tertiary/aromatic N) is 1. The number of benzene rings is 2. The molecule has 4 nitrogen and oxygen atoms in total. The van der Waals surface area contributed by atoms with Crippen LogP contribution in [-0.2, 0) is 11.3 Å². The summed E-state index contributed by atoms with van der Waals surface area (Å²) in [4.78, 5) is 16.3. The number of carbonyl (C=O) groups excluding carboxylic acids is 1. The van der Waals surface area contributed by atoms with E-state index in [-0.39, 0.29) is 12.6 Å². The first-order valence-corrected chi connectivity index (χ1v) is 8.03. The van der Waals surface area contributed by atoms with Crippen molar-refractivity contribution in [1.82, 2.24) is 10.3 Å². The molecule has 0 radical (unpaired) electrons. The fraction of sp³-hybridized carbons (Fsp3) is 0.158. The fourth-order valence-corrected chi connectivity index (χ4v) is 2.75. The fourth-order valence-electron chi connectivity index (χ4n) is 2.55. The highest BCUT2D eigenvalue weighted by molar-refractivity contribution is 6.30. The van der Waals surface area contributed by atoms with Crippen LogP contribution in [0.25, 0.3) is 10.9 Å². The molecular weight excluding hydrogens is 324 g/mol. The molecule has 1 atom stereocenters. The Balaban J connectivity index is 1.70. The molecule has 0 unspecified atom stereocenters. The Kier molecular flexibility index (Phi) is 4.96. The van der Waals surface area contributed by atoms with Gasteiger partial charge in [-0.3, -0.25) is 0 Å². The lowest BCUT2D eigenvalue weighted by atomic mass is 10.0. The van der Waals surface area contributed by atoms with Gasteiger partial charge >= 0.3 is 6.09 Å². The summed E-state index contributed by atoms with van der Waals surface area (Å²) in [6, 6.07) is 18.8. The first-order valence-electron chi connectivity index (χ1n) is 7.66. The molecule has 0 saturated carbocycles. The Morgan fingerprint density at radius 1 is 1.17 bits per heavy atom. The maximum Gasteiger partial charge on any atom is 0.407 e. The average molecular weight is 341 g/mol. The van der Waals surface area contributed by atoms with Crippen molar-refractivity contribution in [3.8, 4) is 0 Å². The Morgan fingerprint density at radius 2 is 1.88 bits per heavy atom. The molecule has 0 spiro atoms. The quantitative estimate of drug-likeness (QED) is 0.689. The van der Waals surface area contributed by atoms with Crippen molar-refractivity contribution in [3.63, 3.8) is 0 Å². The van der Waals surface area contributed by atoms with Gasteiger partial charge in [0.2, 0.25) is 0 Å². The van der Waals surface area contributed by atoms with Crippen LogP contribution in [0.5, 0.6) is 0 Å². The van der Waals surface area contributed by atoms with E-state index in [1.165, 1.54) is 0 Å². The number of rotatable bonds is 4. The van der Waals surface area contributed by atoms with Gasteiger partial charge in [0.1, 0.15) is 11.8 Å². The molecule has 1 amide bonds. The van der Waals surface area contributed by atoms with Crippen molar-refractivity contribution in [2.45, 2.75) is 19.6 Å². The largest absolute Gasteiger partial charge is 0.445 e. The van der Waals surface area contributed by atoms with Crippen molar-refractivity contribution in [2.24, 2.45) is 0 Å². The molecule has 2 aromatic carbocycles. The van der Waals surface area contributed by atoms with E-state index in [1.807, 2.05) is 61.5 Å². The summed E-state index contributed by atoms with van der Waals surface area (Å²) in [5.41, 5.74) is 2.64. The summed E-state index contributed by atoms with van der Waals surface area (Å²) in [5.74, 6) is 0. The van der Waals surface area contributed by atoms with Crippen LogP contribution in [0.3, 0.4) is 0 Å². The molecule has 3 rings (SSSR count). The van der Waals surface area contributed by atoms with Gasteiger partial charge in [-0.25, -0.2) is 9.78 Å². The van der Waals surface area contributed by atoms with Gasteiger partial charge in [0.25, 0.3) is 0 Å². The number of alkyl carbamates (subject to hydrolysis) is 1. The van der Waals surface area contributed by atoms with Gasteiger partial charge in [0.05, 0.1) is 11.6 Å². The van der Waals surface area contributed by atoms with Crippen LogP contribution in [0.1, 0.15) is 24.1 Å². The van der Waals surface area contributed by atoms with E-state index in [2.05, 4.69) is 10.3 Å². The van der Waals surface area contributed by atoms with Crippen molar-refractivity contribution >= 4 is 28.6 Å². The van der Waals surface area contributed by atoms with E-state index in [9.17, 15) is 4.79 Å². The monoisotopic (exact) mass is 340 g/mol. The average Bonchev–Trinajstić information content (AvgIpc) is 2.60. The topological polar surface area (TPSA) is 51.2 Å². The van der Waals surface area contributed by atoms with Gasteiger partial charge in [-0.1, -0.05) is 60.1 Å². The van der Waals surface area contributed by atoms with E-state index in [0.29, 0.717) is 5.15 Å². The predicted molar refractivity (Wildman–Crippen MR) is 94.9 cm³/mol. The molecule has 0 aliphatic carbocycles. The number of hydrogen-bond donors (Lipinski definition) is 1. The first kappa shape index (κ1) is 16.3. The van der Waals surface area contributed by atoms with Crippen LogP contribution in [0.15, 0.2) is 60.7 Å². The van der Waals surface area contributed by atoms with Gasteiger partial charge in [-0.15, -0.1) is 0 Å². The molecule has 122 valence electrons. The van der Waals surface area contributed by atoms with Crippen molar-refractivity contribution < 1.29 is 9.53 Å². The maximum absolute atomic E-state index is 12.0. The van der Waals surface area contributed by atoms with E-state index >= 15 is 0 Å². The minimum absolute atomic E-state index is 0.233. The minimum Gasteiger partial charge on any atom is -0.445 e. The number of hydrogen-bond acceptors (Lipinski definition) is 3. The second kappa shape index (κ2) is 7.32. The Labute approximate surface area is 145 Å². The number of ether oxygens (including phenoxy) is 1. The third kappa shape index (κ3) is 3.84. The zero-order valence-electron chi connectivity index (χ0n) is 13.2. The number of nitrogens with one attached hydrogen (secondary N) is 1. The molecule has 0 fully saturated rings. The molecule has 0 bridgehead atoms. The van der Waals surface area contributed by atoms with Crippen LogP contribution in [-0.4, -0.2) is 11.1 Å². The van der Waals surface area contributed by atoms with Crippen molar-refractivity contribution in [3.05, 3.63) is 76.9 Å². The van der Waals surface area contributed by atoms with Gasteiger partial charge < -0.3 is 10.1 Å². The van der Waals surface area contributed by atoms with Gasteiger partial charge in [-0.2, -0.15) is 0 Å². The predicted octanol–water partition coefficient (Wildman–Crippen LogP) is 4.88. The molecule has 0 saturated heterocycles. The van der Waals surface area contributed by atoms with Crippen LogP contribution >= 0.6 is 11.6 Å². The minimum atomic E-state index is -0.469. The highest BCUT2D eigenvalue weighted by Gasteiger charge is 2.15. The molecule has 24 heavy (non-hydrogen) atoms. The summed E-state index contributed by atoms with van der Waals surface area (Å²) in [6.45, 7) is 2.12. The second-order valence-corrected chi connectivity index (χ2v) is 5.87. The number of para-hydroxylation sites is 1. The van der Waals surface area contributed by atoms with Crippen LogP contribution < -0.4 is 5.32 Å². The summed E-state index contributed by atoms with van der Waals surface area (Å²) in [6.07, 6.45) is -0.469. The standard InChI is InChI=1S/C19H17ClN2O2/c1-13(21-19(23)24-12-14-7-3-2-4-8-14)16-11-18(20)22-17-10-6-5-9-15(16)17/h2-11,13H,12H2,1H3,(H,21,23)/t13-/m1/s1. The van der Waals surface area contributed by atoms with Crippen LogP contribution in [0.4, 0.5) is 4.79 Å². The molecule has 1 heterocycles. The zero-order chi connectivity index (χ0) is 16.9. The van der Waals surface area contributed by atoms with Gasteiger partial charge in [0, 0.05) is 5.39 Å². The lowest BCUT2D eigenvalue weighted by Gasteiger charge is -2.16. The molecule has 1 aromatic heterocycles. The van der Waals surface area contributed by atoms with Gasteiger partial charge in [0.15, 0.2) is 0 Å². The third-order valence-corrected chi connectivity index (χ3v) is 3.92. The summed E-state index contributed by atoms with van der Waals surface area (Å²) < 4.78 is 5.26. The molecule has 5 heteroatoms.